The molecule has 0 radical (unpaired) electrons. The summed E-state index contributed by atoms with van der Waals surface area (Å²) in [4.78, 5) is 0. The van der Waals surface area contributed by atoms with Crippen LogP contribution in [0.1, 0.15) is 27.7 Å². The van der Waals surface area contributed by atoms with E-state index in [1.165, 1.54) is 0 Å². The van der Waals surface area contributed by atoms with Crippen LogP contribution in [0.3, 0.4) is 0 Å². The summed E-state index contributed by atoms with van der Waals surface area (Å²) in [5.74, 6) is 0. The zero-order valence-electron chi connectivity index (χ0n) is 11.3. The van der Waals surface area contributed by atoms with Crippen LogP contribution in [-0.2, 0) is 14.2 Å². The van der Waals surface area contributed by atoms with Gasteiger partial charge in [-0.05, 0) is 27.7 Å². The number of hydrogen-bond donors (Lipinski definition) is 3. The molecule has 6 heteroatoms. The lowest BCUT2D eigenvalue weighted by atomic mass is 9.84. The third-order valence-corrected chi connectivity index (χ3v) is 2.88. The first-order valence-corrected chi connectivity index (χ1v) is 6.06. The van der Waals surface area contributed by atoms with E-state index in [0.717, 1.165) is 0 Å². The highest BCUT2D eigenvalue weighted by Crippen LogP contribution is 2.29. The summed E-state index contributed by atoms with van der Waals surface area (Å²) in [6, 6.07) is 0. The lowest BCUT2D eigenvalue weighted by Crippen LogP contribution is -2.63. The molecule has 0 aromatic carbocycles. The Labute approximate surface area is 104 Å². The molecule has 6 nitrogen and oxygen atoms in total. The summed E-state index contributed by atoms with van der Waals surface area (Å²) in [7, 11) is 0. The molecule has 0 saturated heterocycles. The fourth-order valence-corrected chi connectivity index (χ4v) is 1.56. The Hall–Kier alpha value is -0.240. The van der Waals surface area contributed by atoms with Crippen molar-refractivity contribution in [3.8, 4) is 0 Å². The van der Waals surface area contributed by atoms with Gasteiger partial charge >= 0.3 is 0 Å². The van der Waals surface area contributed by atoms with Gasteiger partial charge in [0.25, 0.3) is 0 Å². The molecular weight excluding hydrogens is 222 g/mol. The second-order valence-corrected chi connectivity index (χ2v) is 3.99. The quantitative estimate of drug-likeness (QED) is 0.495. The summed E-state index contributed by atoms with van der Waals surface area (Å²) < 4.78 is 16.2. The molecule has 0 spiro atoms. The van der Waals surface area contributed by atoms with Gasteiger partial charge in [-0.15, -0.1) is 0 Å². The summed E-state index contributed by atoms with van der Waals surface area (Å²) in [5.41, 5.74) is 17.1. The lowest BCUT2D eigenvalue weighted by Gasteiger charge is -2.42. The molecule has 6 N–H and O–H groups in total. The Bertz CT molecular complexity index is 173. The molecule has 3 atom stereocenters. The minimum absolute atomic E-state index is 0.481. The monoisotopic (exact) mass is 249 g/mol. The molecule has 0 aromatic rings. The van der Waals surface area contributed by atoms with Crippen LogP contribution < -0.4 is 17.2 Å². The lowest BCUT2D eigenvalue weighted by molar-refractivity contribution is -0.173. The maximum Gasteiger partial charge on any atom is 0.118 e. The molecule has 0 aliphatic carbocycles. The molecule has 0 saturated carbocycles. The second kappa shape index (κ2) is 7.97. The number of ether oxygens (including phenoxy) is 3. The van der Waals surface area contributed by atoms with Crippen LogP contribution in [0.2, 0.25) is 0 Å². The first kappa shape index (κ1) is 16.8. The molecule has 0 bridgehead atoms. The van der Waals surface area contributed by atoms with Crippen molar-refractivity contribution in [2.45, 2.75) is 46.4 Å². The smallest absolute Gasteiger partial charge is 0.118 e. The maximum absolute atomic E-state index is 5.98. The predicted molar refractivity (Wildman–Crippen MR) is 66.9 cm³/mol. The van der Waals surface area contributed by atoms with E-state index in [2.05, 4.69) is 0 Å². The zero-order valence-corrected chi connectivity index (χ0v) is 11.3. The third kappa shape index (κ3) is 4.17. The molecule has 0 heterocycles. The van der Waals surface area contributed by atoms with Crippen molar-refractivity contribution < 1.29 is 14.2 Å². The Morgan fingerprint density at radius 1 is 0.765 bits per heavy atom. The third-order valence-electron chi connectivity index (χ3n) is 2.88. The van der Waals surface area contributed by atoms with E-state index in [9.17, 15) is 0 Å². The average Bonchev–Trinajstić information content (AvgIpc) is 2.28. The van der Waals surface area contributed by atoms with E-state index in [0.29, 0.717) is 19.8 Å². The van der Waals surface area contributed by atoms with Crippen LogP contribution in [0.4, 0.5) is 0 Å². The van der Waals surface area contributed by atoms with Gasteiger partial charge in [0.2, 0.25) is 0 Å². The van der Waals surface area contributed by atoms with E-state index in [-0.39, 0.29) is 0 Å². The van der Waals surface area contributed by atoms with Gasteiger partial charge in [-0.3, -0.25) is 0 Å². The Morgan fingerprint density at radius 3 is 1.18 bits per heavy atom. The van der Waals surface area contributed by atoms with Crippen molar-refractivity contribution in [3.63, 3.8) is 0 Å². The molecule has 0 rings (SSSR count). The second-order valence-electron chi connectivity index (χ2n) is 3.99. The summed E-state index contributed by atoms with van der Waals surface area (Å²) in [5, 5.41) is 0. The van der Waals surface area contributed by atoms with Crippen LogP contribution >= 0.6 is 0 Å². The molecular formula is C11H27N3O3. The Kier molecular flexibility index (Phi) is 7.85. The Morgan fingerprint density at radius 2 is 1.00 bits per heavy atom. The number of hydrogen-bond acceptors (Lipinski definition) is 6. The SMILES string of the molecule is CCOC(N)C(C)(C(N)OCC)C(N)OCC. The van der Waals surface area contributed by atoms with E-state index >= 15 is 0 Å². The number of rotatable bonds is 9. The summed E-state index contributed by atoms with van der Waals surface area (Å²) in [6.07, 6.45) is -1.93. The van der Waals surface area contributed by atoms with Gasteiger partial charge in [-0.1, -0.05) is 0 Å². The molecule has 17 heavy (non-hydrogen) atoms. The van der Waals surface area contributed by atoms with Crippen molar-refractivity contribution in [1.29, 1.82) is 0 Å². The minimum Gasteiger partial charge on any atom is -0.363 e. The highest BCUT2D eigenvalue weighted by atomic mass is 16.5. The van der Waals surface area contributed by atoms with Crippen LogP contribution in [0.15, 0.2) is 0 Å². The molecule has 3 unspecified atom stereocenters. The van der Waals surface area contributed by atoms with Crippen LogP contribution in [0.5, 0.6) is 0 Å². The zero-order chi connectivity index (χ0) is 13.5. The first-order valence-electron chi connectivity index (χ1n) is 6.06. The number of nitrogens with two attached hydrogens (primary N) is 3. The molecule has 0 aliphatic rings. The highest BCUT2D eigenvalue weighted by molar-refractivity contribution is 4.90. The molecule has 0 aromatic heterocycles. The summed E-state index contributed by atoms with van der Waals surface area (Å²) in [6.45, 7) is 8.83. The van der Waals surface area contributed by atoms with Gasteiger partial charge in [-0.25, -0.2) is 0 Å². The van der Waals surface area contributed by atoms with Gasteiger partial charge in [0.15, 0.2) is 0 Å². The van der Waals surface area contributed by atoms with Crippen LogP contribution in [0, 0.1) is 5.41 Å². The largest absolute Gasteiger partial charge is 0.363 e. The fraction of sp³-hybridized carbons (Fsp3) is 1.00. The van der Waals surface area contributed by atoms with Gasteiger partial charge in [0.1, 0.15) is 18.7 Å². The normalized spacial score (nSPS) is 20.6. The van der Waals surface area contributed by atoms with E-state index in [1.807, 2.05) is 27.7 Å². The standard InChI is InChI=1S/C11H27N3O3/c1-5-15-8(12)11(4,9(13)16-6-2)10(14)17-7-3/h8-10H,5-7,12-14H2,1-4H3. The van der Waals surface area contributed by atoms with Crippen molar-refractivity contribution in [3.05, 3.63) is 0 Å². The predicted octanol–water partition coefficient (Wildman–Crippen LogP) is -0.0434. The maximum atomic E-state index is 5.98. The Balaban J connectivity index is 4.90. The first-order chi connectivity index (χ1) is 7.94. The topological polar surface area (TPSA) is 106 Å². The van der Waals surface area contributed by atoms with Crippen molar-refractivity contribution in [1.82, 2.24) is 0 Å². The fourth-order valence-electron chi connectivity index (χ4n) is 1.56. The van der Waals surface area contributed by atoms with Gasteiger partial charge < -0.3 is 31.4 Å². The van der Waals surface area contributed by atoms with Gasteiger partial charge in [0.05, 0.1) is 5.41 Å². The molecule has 0 amide bonds. The van der Waals surface area contributed by atoms with Crippen molar-refractivity contribution in [2.75, 3.05) is 19.8 Å². The van der Waals surface area contributed by atoms with Crippen molar-refractivity contribution in [2.24, 2.45) is 22.6 Å². The molecule has 104 valence electrons. The average molecular weight is 249 g/mol. The van der Waals surface area contributed by atoms with E-state index in [4.69, 9.17) is 31.4 Å². The van der Waals surface area contributed by atoms with E-state index < -0.39 is 24.1 Å². The van der Waals surface area contributed by atoms with Gasteiger partial charge in [0, 0.05) is 19.8 Å². The van der Waals surface area contributed by atoms with Crippen LogP contribution in [-0.4, -0.2) is 38.5 Å². The highest BCUT2D eigenvalue weighted by Gasteiger charge is 2.45. The van der Waals surface area contributed by atoms with Crippen molar-refractivity contribution >= 4 is 0 Å². The van der Waals surface area contributed by atoms with E-state index in [1.54, 1.807) is 0 Å². The molecule has 0 fully saturated rings. The van der Waals surface area contributed by atoms with Crippen LogP contribution in [0.25, 0.3) is 0 Å². The minimum atomic E-state index is -0.804. The molecule has 0 aliphatic heterocycles. The van der Waals surface area contributed by atoms with Gasteiger partial charge in [-0.2, -0.15) is 0 Å². The summed E-state index contributed by atoms with van der Waals surface area (Å²) >= 11 is 0.